The Morgan fingerprint density at radius 1 is 1.00 bits per heavy atom. The minimum Gasteiger partial charge on any atom is -0.399 e. The predicted molar refractivity (Wildman–Crippen MR) is 81.1 cm³/mol. The fourth-order valence-corrected chi connectivity index (χ4v) is 1.91. The topological polar surface area (TPSA) is 73.3 Å². The number of hydrogen-bond acceptors (Lipinski definition) is 4. The largest absolute Gasteiger partial charge is 0.399 e. The van der Waals surface area contributed by atoms with E-state index in [1.54, 1.807) is 7.11 Å². The van der Waals surface area contributed by atoms with Crippen molar-refractivity contribution in [2.75, 3.05) is 37.0 Å². The van der Waals surface area contributed by atoms with Gasteiger partial charge in [0.25, 0.3) is 0 Å². The van der Waals surface area contributed by atoms with Crippen molar-refractivity contribution in [2.24, 2.45) is 0 Å². The first-order valence-electron chi connectivity index (χ1n) is 6.19. The van der Waals surface area contributed by atoms with Crippen molar-refractivity contribution in [3.05, 3.63) is 42.5 Å². The van der Waals surface area contributed by atoms with Gasteiger partial charge >= 0.3 is 0 Å². The molecule has 100 valence electrons. The van der Waals surface area contributed by atoms with Crippen molar-refractivity contribution >= 4 is 17.1 Å². The molecule has 0 saturated heterocycles. The number of nitrogen functional groups attached to an aromatic ring is 2. The summed E-state index contributed by atoms with van der Waals surface area (Å²) in [7, 11) is 1.69. The molecule has 2 aromatic carbocycles. The number of benzene rings is 2. The van der Waals surface area contributed by atoms with Gasteiger partial charge in [-0.25, -0.2) is 0 Å². The van der Waals surface area contributed by atoms with Crippen LogP contribution in [-0.2, 0) is 4.74 Å². The number of rotatable bonds is 5. The second-order valence-corrected chi connectivity index (χ2v) is 4.35. The van der Waals surface area contributed by atoms with Gasteiger partial charge in [-0.3, -0.25) is 0 Å². The first-order chi connectivity index (χ1) is 9.20. The van der Waals surface area contributed by atoms with Gasteiger partial charge in [0, 0.05) is 36.3 Å². The lowest BCUT2D eigenvalue weighted by molar-refractivity contribution is 0.211. The van der Waals surface area contributed by atoms with Crippen molar-refractivity contribution in [2.45, 2.75) is 0 Å². The van der Waals surface area contributed by atoms with Crippen LogP contribution in [0.25, 0.3) is 11.1 Å². The molecule has 0 unspecified atom stereocenters. The highest BCUT2D eigenvalue weighted by Crippen LogP contribution is 2.30. The zero-order chi connectivity index (χ0) is 13.7. The maximum atomic E-state index is 5.87. The van der Waals surface area contributed by atoms with Gasteiger partial charge in [-0.2, -0.15) is 0 Å². The fraction of sp³-hybridized carbons (Fsp3) is 0.200. The smallest absolute Gasteiger partial charge is 0.0635 e. The van der Waals surface area contributed by atoms with E-state index in [-0.39, 0.29) is 0 Å². The Labute approximate surface area is 113 Å². The van der Waals surface area contributed by atoms with Crippen LogP contribution in [0.5, 0.6) is 0 Å². The van der Waals surface area contributed by atoms with Crippen LogP contribution in [0.15, 0.2) is 42.5 Å². The molecule has 4 heteroatoms. The zero-order valence-electron chi connectivity index (χ0n) is 11.0. The molecule has 0 heterocycles. The van der Waals surface area contributed by atoms with E-state index in [1.807, 2.05) is 42.5 Å². The molecule has 5 N–H and O–H groups in total. The van der Waals surface area contributed by atoms with Gasteiger partial charge in [-0.1, -0.05) is 12.1 Å². The lowest BCUT2D eigenvalue weighted by Gasteiger charge is -2.13. The molecule has 0 atom stereocenters. The van der Waals surface area contributed by atoms with Crippen LogP contribution in [0.2, 0.25) is 0 Å². The van der Waals surface area contributed by atoms with Crippen LogP contribution >= 0.6 is 0 Å². The van der Waals surface area contributed by atoms with Crippen molar-refractivity contribution < 1.29 is 4.74 Å². The Balaban J connectivity index is 2.31. The molecule has 19 heavy (non-hydrogen) atoms. The summed E-state index contributed by atoms with van der Waals surface area (Å²) in [5, 5.41) is 3.34. The fourth-order valence-electron chi connectivity index (χ4n) is 1.91. The van der Waals surface area contributed by atoms with Crippen LogP contribution in [-0.4, -0.2) is 20.3 Å². The second kappa shape index (κ2) is 6.11. The average molecular weight is 257 g/mol. The number of methoxy groups -OCH3 is 1. The van der Waals surface area contributed by atoms with Crippen LogP contribution in [0.4, 0.5) is 17.1 Å². The summed E-state index contributed by atoms with van der Waals surface area (Å²) < 4.78 is 5.04. The summed E-state index contributed by atoms with van der Waals surface area (Å²) in [5.74, 6) is 0. The highest BCUT2D eigenvalue weighted by molar-refractivity contribution is 5.81. The molecule has 0 radical (unpaired) electrons. The second-order valence-electron chi connectivity index (χ2n) is 4.35. The number of anilines is 3. The van der Waals surface area contributed by atoms with Crippen molar-refractivity contribution in [1.29, 1.82) is 0 Å². The molecule has 4 nitrogen and oxygen atoms in total. The molecule has 2 rings (SSSR count). The summed E-state index contributed by atoms with van der Waals surface area (Å²) in [6.45, 7) is 1.41. The third-order valence-electron chi connectivity index (χ3n) is 2.89. The molecule has 0 spiro atoms. The molecule has 0 aliphatic heterocycles. The standard InChI is InChI=1S/C15H19N3O/c1-19-9-8-18-15-7-6-13(17)10-14(15)11-2-4-12(16)5-3-11/h2-7,10,18H,8-9,16-17H2,1H3. The Bertz CT molecular complexity index is 538. The molecule has 2 aromatic rings. The van der Waals surface area contributed by atoms with Gasteiger partial charge in [0.05, 0.1) is 6.61 Å². The Hall–Kier alpha value is -2.20. The lowest BCUT2D eigenvalue weighted by Crippen LogP contribution is -2.08. The van der Waals surface area contributed by atoms with Gasteiger partial charge in [-0.05, 0) is 35.9 Å². The third-order valence-corrected chi connectivity index (χ3v) is 2.89. The summed E-state index contributed by atoms with van der Waals surface area (Å²) in [6.07, 6.45) is 0. The number of nitrogens with one attached hydrogen (secondary N) is 1. The van der Waals surface area contributed by atoms with E-state index in [4.69, 9.17) is 16.2 Å². The predicted octanol–water partition coefficient (Wildman–Crippen LogP) is 2.58. The van der Waals surface area contributed by atoms with Crippen molar-refractivity contribution in [1.82, 2.24) is 0 Å². The van der Waals surface area contributed by atoms with E-state index in [2.05, 4.69) is 5.32 Å². The number of ether oxygens (including phenoxy) is 1. The van der Waals surface area contributed by atoms with E-state index in [9.17, 15) is 0 Å². The Morgan fingerprint density at radius 2 is 1.68 bits per heavy atom. The summed E-state index contributed by atoms with van der Waals surface area (Å²) >= 11 is 0. The monoisotopic (exact) mass is 257 g/mol. The average Bonchev–Trinajstić information content (AvgIpc) is 2.41. The zero-order valence-corrected chi connectivity index (χ0v) is 11.0. The molecule has 0 saturated carbocycles. The van der Waals surface area contributed by atoms with Gasteiger partial charge in [0.2, 0.25) is 0 Å². The molecule has 0 amide bonds. The van der Waals surface area contributed by atoms with E-state index < -0.39 is 0 Å². The van der Waals surface area contributed by atoms with E-state index in [0.29, 0.717) is 6.61 Å². The van der Waals surface area contributed by atoms with Crippen LogP contribution in [0, 0.1) is 0 Å². The quantitative estimate of drug-likeness (QED) is 0.568. The molecule has 0 aliphatic rings. The third kappa shape index (κ3) is 3.39. The first-order valence-corrected chi connectivity index (χ1v) is 6.19. The molecule has 0 aromatic heterocycles. The Kier molecular flexibility index (Phi) is 4.26. The lowest BCUT2D eigenvalue weighted by atomic mass is 10.0. The van der Waals surface area contributed by atoms with Gasteiger partial charge in [0.1, 0.15) is 0 Å². The molecular weight excluding hydrogens is 238 g/mol. The minimum atomic E-state index is 0.658. The van der Waals surface area contributed by atoms with Gasteiger partial charge in [-0.15, -0.1) is 0 Å². The van der Waals surface area contributed by atoms with Crippen LogP contribution in [0.1, 0.15) is 0 Å². The van der Waals surface area contributed by atoms with E-state index in [1.165, 1.54) is 0 Å². The SMILES string of the molecule is COCCNc1ccc(N)cc1-c1ccc(N)cc1. The normalized spacial score (nSPS) is 10.4. The summed E-state index contributed by atoms with van der Waals surface area (Å²) in [6, 6.07) is 13.6. The summed E-state index contributed by atoms with van der Waals surface area (Å²) in [5.41, 5.74) is 16.3. The minimum absolute atomic E-state index is 0.658. The molecule has 0 aliphatic carbocycles. The first kappa shape index (κ1) is 13.2. The molecular formula is C15H19N3O. The van der Waals surface area contributed by atoms with Gasteiger partial charge < -0.3 is 21.5 Å². The molecule has 0 bridgehead atoms. The number of nitrogens with two attached hydrogens (primary N) is 2. The number of hydrogen-bond donors (Lipinski definition) is 3. The molecule has 0 fully saturated rings. The van der Waals surface area contributed by atoms with E-state index in [0.717, 1.165) is 34.7 Å². The highest BCUT2D eigenvalue weighted by atomic mass is 16.5. The maximum absolute atomic E-state index is 5.87. The van der Waals surface area contributed by atoms with Crippen molar-refractivity contribution in [3.8, 4) is 11.1 Å². The maximum Gasteiger partial charge on any atom is 0.0635 e. The van der Waals surface area contributed by atoms with Crippen LogP contribution in [0.3, 0.4) is 0 Å². The summed E-state index contributed by atoms with van der Waals surface area (Å²) in [4.78, 5) is 0. The van der Waals surface area contributed by atoms with Gasteiger partial charge in [0.15, 0.2) is 0 Å². The van der Waals surface area contributed by atoms with Crippen LogP contribution < -0.4 is 16.8 Å². The van der Waals surface area contributed by atoms with E-state index >= 15 is 0 Å². The van der Waals surface area contributed by atoms with Crippen molar-refractivity contribution in [3.63, 3.8) is 0 Å². The highest BCUT2D eigenvalue weighted by Gasteiger charge is 2.05. The Morgan fingerprint density at radius 3 is 2.37 bits per heavy atom.